The molecule has 2 atom stereocenters. The van der Waals surface area contributed by atoms with E-state index in [0.717, 1.165) is 42.6 Å². The quantitative estimate of drug-likeness (QED) is 0.888. The molecule has 5 nitrogen and oxygen atoms in total. The number of nitrogens with two attached hydrogens (primary N) is 1. The molecule has 3 heterocycles. The van der Waals surface area contributed by atoms with Gasteiger partial charge in [-0.05, 0) is 30.5 Å². The van der Waals surface area contributed by atoms with E-state index in [4.69, 9.17) is 22.1 Å². The number of ether oxygens (including phenoxy) is 1. The molecular formula is C18H22ClFN4O. The third-order valence-corrected chi connectivity index (χ3v) is 5.79. The minimum atomic E-state index is -0.932. The predicted molar refractivity (Wildman–Crippen MR) is 99.1 cm³/mol. The van der Waals surface area contributed by atoms with E-state index in [0.29, 0.717) is 17.4 Å². The van der Waals surface area contributed by atoms with Crippen molar-refractivity contribution in [1.29, 1.82) is 0 Å². The Hall–Kier alpha value is -1.63. The van der Waals surface area contributed by atoms with Gasteiger partial charge in [-0.3, -0.25) is 4.90 Å². The van der Waals surface area contributed by atoms with E-state index in [9.17, 15) is 4.39 Å². The number of rotatable bonds is 2. The molecule has 0 aliphatic carbocycles. The molecule has 0 saturated carbocycles. The molecule has 0 spiro atoms. The van der Waals surface area contributed by atoms with Crippen LogP contribution in [-0.2, 0) is 4.74 Å². The van der Waals surface area contributed by atoms with Crippen LogP contribution in [0.15, 0.2) is 24.4 Å². The number of aromatic nitrogens is 1. The Balaban J connectivity index is 1.54. The lowest BCUT2D eigenvalue weighted by Crippen LogP contribution is -2.59. The van der Waals surface area contributed by atoms with Gasteiger partial charge >= 0.3 is 0 Å². The fourth-order valence-corrected chi connectivity index (χ4v) is 4.09. The maximum Gasteiger partial charge on any atom is 0.144 e. The van der Waals surface area contributed by atoms with E-state index in [-0.39, 0.29) is 6.61 Å². The fraction of sp³-hybridized carbons (Fsp3) is 0.500. The molecule has 2 aliphatic heterocycles. The SMILES string of the molecule is C[C@@]1(N2CCN(c3cc4cc(N)ncc4cc3Cl)CC2)COC[C@@H]1F. The summed E-state index contributed by atoms with van der Waals surface area (Å²) in [6, 6.07) is 5.84. The highest BCUT2D eigenvalue weighted by atomic mass is 35.5. The molecule has 2 aliphatic rings. The summed E-state index contributed by atoms with van der Waals surface area (Å²) in [5, 5.41) is 2.69. The number of nitrogen functional groups attached to an aromatic ring is 1. The van der Waals surface area contributed by atoms with Crippen LogP contribution in [-0.4, -0.2) is 61.0 Å². The second kappa shape index (κ2) is 6.27. The van der Waals surface area contributed by atoms with Gasteiger partial charge in [-0.1, -0.05) is 11.6 Å². The van der Waals surface area contributed by atoms with Gasteiger partial charge in [0.15, 0.2) is 0 Å². The van der Waals surface area contributed by atoms with Crippen molar-refractivity contribution in [2.75, 3.05) is 50.0 Å². The molecule has 4 rings (SSSR count). The third-order valence-electron chi connectivity index (χ3n) is 5.48. The van der Waals surface area contributed by atoms with E-state index in [1.54, 1.807) is 6.20 Å². The van der Waals surface area contributed by atoms with Crippen molar-refractivity contribution in [3.05, 3.63) is 29.4 Å². The van der Waals surface area contributed by atoms with Gasteiger partial charge in [-0.25, -0.2) is 9.37 Å². The van der Waals surface area contributed by atoms with Crippen LogP contribution in [0.2, 0.25) is 5.02 Å². The molecule has 0 amide bonds. The molecule has 134 valence electrons. The summed E-state index contributed by atoms with van der Waals surface area (Å²) >= 11 is 6.50. The van der Waals surface area contributed by atoms with Crippen molar-refractivity contribution < 1.29 is 9.13 Å². The van der Waals surface area contributed by atoms with Crippen LogP contribution < -0.4 is 10.6 Å². The number of hydrogen-bond donors (Lipinski definition) is 1. The highest BCUT2D eigenvalue weighted by molar-refractivity contribution is 6.34. The number of anilines is 2. The topological polar surface area (TPSA) is 54.6 Å². The number of benzene rings is 1. The molecule has 1 aromatic heterocycles. The molecule has 2 saturated heterocycles. The Bertz CT molecular complexity index is 796. The van der Waals surface area contributed by atoms with Crippen molar-refractivity contribution >= 4 is 33.9 Å². The molecule has 2 aromatic rings. The first kappa shape index (κ1) is 16.8. The van der Waals surface area contributed by atoms with E-state index < -0.39 is 11.7 Å². The van der Waals surface area contributed by atoms with Gasteiger partial charge < -0.3 is 15.4 Å². The minimum Gasteiger partial charge on any atom is -0.384 e. The zero-order chi connectivity index (χ0) is 17.6. The number of alkyl halides is 1. The predicted octanol–water partition coefficient (Wildman–Crippen LogP) is 2.72. The summed E-state index contributed by atoms with van der Waals surface area (Å²) in [4.78, 5) is 8.57. The van der Waals surface area contributed by atoms with Gasteiger partial charge in [-0.2, -0.15) is 0 Å². The zero-order valence-corrected chi connectivity index (χ0v) is 15.0. The van der Waals surface area contributed by atoms with Crippen molar-refractivity contribution in [3.63, 3.8) is 0 Å². The molecule has 2 fully saturated rings. The lowest BCUT2D eigenvalue weighted by molar-refractivity contribution is 0.0448. The number of piperazine rings is 1. The van der Waals surface area contributed by atoms with Gasteiger partial charge in [-0.15, -0.1) is 0 Å². The van der Waals surface area contributed by atoms with Gasteiger partial charge in [0, 0.05) is 37.8 Å². The smallest absolute Gasteiger partial charge is 0.144 e. The molecule has 0 bridgehead atoms. The Morgan fingerprint density at radius 2 is 2.00 bits per heavy atom. The van der Waals surface area contributed by atoms with Crippen LogP contribution >= 0.6 is 11.6 Å². The third kappa shape index (κ3) is 2.92. The summed E-state index contributed by atoms with van der Waals surface area (Å²) < 4.78 is 19.6. The molecule has 0 radical (unpaired) electrons. The number of pyridine rings is 1. The van der Waals surface area contributed by atoms with Crippen LogP contribution in [0.1, 0.15) is 6.92 Å². The Morgan fingerprint density at radius 1 is 1.24 bits per heavy atom. The first-order valence-electron chi connectivity index (χ1n) is 8.54. The van der Waals surface area contributed by atoms with Gasteiger partial charge in [0.2, 0.25) is 0 Å². The lowest BCUT2D eigenvalue weighted by atomic mass is 9.96. The van der Waals surface area contributed by atoms with E-state index in [1.165, 1.54) is 0 Å². The molecular weight excluding hydrogens is 343 g/mol. The van der Waals surface area contributed by atoms with Crippen LogP contribution in [0.5, 0.6) is 0 Å². The van der Waals surface area contributed by atoms with Crippen LogP contribution in [0.4, 0.5) is 15.9 Å². The minimum absolute atomic E-state index is 0.197. The molecule has 2 N–H and O–H groups in total. The molecule has 25 heavy (non-hydrogen) atoms. The summed E-state index contributed by atoms with van der Waals surface area (Å²) in [6.45, 7) is 5.78. The van der Waals surface area contributed by atoms with Crippen molar-refractivity contribution in [2.45, 2.75) is 18.6 Å². The average Bonchev–Trinajstić information content (AvgIpc) is 2.95. The van der Waals surface area contributed by atoms with Crippen molar-refractivity contribution in [1.82, 2.24) is 9.88 Å². The standard InChI is InChI=1S/C18H22ClFN4O/c1-18(11-25-10-16(18)20)24-4-2-23(3-5-24)15-7-12-8-17(21)22-9-13(12)6-14(15)19/h6-9,16H,2-5,10-11H2,1H3,(H2,21,22)/t16-,18+/m0/s1. The number of hydrogen-bond acceptors (Lipinski definition) is 5. The molecule has 0 unspecified atom stereocenters. The van der Waals surface area contributed by atoms with Crippen LogP contribution in [0.25, 0.3) is 10.8 Å². The van der Waals surface area contributed by atoms with Crippen LogP contribution in [0, 0.1) is 0 Å². The Morgan fingerprint density at radius 3 is 2.68 bits per heavy atom. The van der Waals surface area contributed by atoms with Crippen molar-refractivity contribution in [2.24, 2.45) is 0 Å². The molecule has 7 heteroatoms. The normalized spacial score (nSPS) is 28.0. The number of fused-ring (bicyclic) bond motifs is 1. The van der Waals surface area contributed by atoms with Gasteiger partial charge in [0.25, 0.3) is 0 Å². The summed E-state index contributed by atoms with van der Waals surface area (Å²) in [7, 11) is 0. The molecule has 1 aromatic carbocycles. The summed E-state index contributed by atoms with van der Waals surface area (Å²) in [5.74, 6) is 0.494. The van der Waals surface area contributed by atoms with E-state index >= 15 is 0 Å². The summed E-state index contributed by atoms with van der Waals surface area (Å²) in [6.07, 6.45) is 0.805. The fourth-order valence-electron chi connectivity index (χ4n) is 3.80. The monoisotopic (exact) mass is 364 g/mol. The Kier molecular flexibility index (Phi) is 4.22. The zero-order valence-electron chi connectivity index (χ0n) is 14.2. The largest absolute Gasteiger partial charge is 0.384 e. The Labute approximate surface area is 151 Å². The highest BCUT2D eigenvalue weighted by Gasteiger charge is 2.46. The maximum atomic E-state index is 14.2. The van der Waals surface area contributed by atoms with Gasteiger partial charge in [0.05, 0.1) is 29.5 Å². The number of halogens is 2. The second-order valence-corrected chi connectivity index (χ2v) is 7.48. The van der Waals surface area contributed by atoms with E-state index in [1.807, 2.05) is 19.1 Å². The first-order valence-corrected chi connectivity index (χ1v) is 8.92. The first-order chi connectivity index (χ1) is 12.0. The lowest BCUT2D eigenvalue weighted by Gasteiger charge is -2.44. The number of nitrogens with zero attached hydrogens (tertiary/aromatic N) is 3. The van der Waals surface area contributed by atoms with Gasteiger partial charge in [0.1, 0.15) is 12.0 Å². The maximum absolute atomic E-state index is 14.2. The average molecular weight is 365 g/mol. The summed E-state index contributed by atoms with van der Waals surface area (Å²) in [5.41, 5.74) is 6.27. The van der Waals surface area contributed by atoms with E-state index in [2.05, 4.69) is 20.9 Å². The van der Waals surface area contributed by atoms with Crippen molar-refractivity contribution in [3.8, 4) is 0 Å². The van der Waals surface area contributed by atoms with Crippen LogP contribution in [0.3, 0.4) is 0 Å². The highest BCUT2D eigenvalue weighted by Crippen LogP contribution is 2.34. The second-order valence-electron chi connectivity index (χ2n) is 7.07.